The number of hydrogen-bond donors (Lipinski definition) is 3. The largest absolute Gasteiger partial charge is 0.355 e. The van der Waals surface area contributed by atoms with Gasteiger partial charge >= 0.3 is 0 Å². The molecular formula is C18H24N3O2+. The van der Waals surface area contributed by atoms with Crippen molar-refractivity contribution in [3.63, 3.8) is 0 Å². The first-order chi connectivity index (χ1) is 11.1. The summed E-state index contributed by atoms with van der Waals surface area (Å²) in [5, 5.41) is 9.67. The molecule has 0 aromatic heterocycles. The van der Waals surface area contributed by atoms with Gasteiger partial charge in [0.05, 0.1) is 6.54 Å². The van der Waals surface area contributed by atoms with Crippen molar-refractivity contribution >= 4 is 22.6 Å². The summed E-state index contributed by atoms with van der Waals surface area (Å²) in [5.41, 5.74) is 1.21. The summed E-state index contributed by atoms with van der Waals surface area (Å²) in [6.07, 6.45) is 0. The molecule has 5 nitrogen and oxygen atoms in total. The summed E-state index contributed by atoms with van der Waals surface area (Å²) < 4.78 is 0. The number of amides is 2. The molecule has 122 valence electrons. The van der Waals surface area contributed by atoms with Crippen molar-refractivity contribution in [1.82, 2.24) is 10.6 Å². The second kappa shape index (κ2) is 8.29. The number of benzene rings is 2. The van der Waals surface area contributed by atoms with Crippen LogP contribution in [-0.4, -0.2) is 31.4 Å². The molecule has 0 radical (unpaired) electrons. The van der Waals surface area contributed by atoms with E-state index in [0.717, 1.165) is 0 Å². The average molecular weight is 314 g/mol. The summed E-state index contributed by atoms with van der Waals surface area (Å²) in [4.78, 5) is 23.1. The SMILES string of the molecule is CCNC(=O)CNC(=O)C[NH2+][C@@H](C)c1cccc2ccccc12. The minimum absolute atomic E-state index is 0.0309. The molecule has 0 fully saturated rings. The quantitative estimate of drug-likeness (QED) is 0.704. The monoisotopic (exact) mass is 314 g/mol. The summed E-state index contributed by atoms with van der Waals surface area (Å²) in [6, 6.07) is 14.6. The standard InChI is InChI=1S/C18H23N3O2/c1-3-19-17(22)12-21-18(23)11-20-13(2)15-10-6-8-14-7-4-5-9-16(14)15/h4-10,13,20H,3,11-12H2,1-2H3,(H,19,22)(H,21,23)/p+1/t13-/m0/s1. The minimum atomic E-state index is -0.164. The molecule has 0 saturated heterocycles. The number of nitrogens with one attached hydrogen (secondary N) is 2. The van der Waals surface area contributed by atoms with Crippen molar-refractivity contribution in [2.45, 2.75) is 19.9 Å². The normalized spacial score (nSPS) is 11.9. The third-order valence-electron chi connectivity index (χ3n) is 3.79. The van der Waals surface area contributed by atoms with Gasteiger partial charge in [0.2, 0.25) is 5.91 Å². The third kappa shape index (κ3) is 4.79. The van der Waals surface area contributed by atoms with Crippen molar-refractivity contribution in [3.8, 4) is 0 Å². The van der Waals surface area contributed by atoms with Crippen LogP contribution in [0.5, 0.6) is 0 Å². The number of hydrogen-bond acceptors (Lipinski definition) is 2. The Morgan fingerprint density at radius 2 is 1.78 bits per heavy atom. The Kier molecular flexibility index (Phi) is 6.11. The van der Waals surface area contributed by atoms with Gasteiger partial charge in [-0.05, 0) is 24.6 Å². The van der Waals surface area contributed by atoms with Gasteiger partial charge in [0.25, 0.3) is 5.91 Å². The van der Waals surface area contributed by atoms with E-state index in [0.29, 0.717) is 13.1 Å². The van der Waals surface area contributed by atoms with Gasteiger partial charge in [-0.15, -0.1) is 0 Å². The number of fused-ring (bicyclic) bond motifs is 1. The molecule has 0 aliphatic carbocycles. The predicted octanol–water partition coefficient (Wildman–Crippen LogP) is 0.717. The van der Waals surface area contributed by atoms with E-state index in [-0.39, 0.29) is 24.4 Å². The first kappa shape index (κ1) is 17.0. The molecule has 0 heterocycles. The van der Waals surface area contributed by atoms with Crippen LogP contribution in [0.1, 0.15) is 25.5 Å². The van der Waals surface area contributed by atoms with Crippen LogP contribution in [0.25, 0.3) is 10.8 Å². The molecule has 0 bridgehead atoms. The van der Waals surface area contributed by atoms with Crippen molar-refractivity contribution in [2.75, 3.05) is 19.6 Å². The molecule has 0 saturated carbocycles. The van der Waals surface area contributed by atoms with Gasteiger partial charge in [0.15, 0.2) is 6.54 Å². The highest BCUT2D eigenvalue weighted by Gasteiger charge is 2.14. The summed E-state index contributed by atoms with van der Waals surface area (Å²) in [5.74, 6) is -0.300. The maximum atomic E-state index is 11.8. The molecule has 1 atom stereocenters. The van der Waals surface area contributed by atoms with Crippen molar-refractivity contribution in [3.05, 3.63) is 48.0 Å². The van der Waals surface area contributed by atoms with Gasteiger partial charge in [0.1, 0.15) is 6.04 Å². The Labute approximate surface area is 136 Å². The zero-order chi connectivity index (χ0) is 16.7. The molecule has 5 heteroatoms. The maximum Gasteiger partial charge on any atom is 0.275 e. The molecule has 0 aliphatic rings. The lowest BCUT2D eigenvalue weighted by Gasteiger charge is -2.13. The second-order valence-corrected chi connectivity index (χ2v) is 5.53. The van der Waals surface area contributed by atoms with E-state index in [1.165, 1.54) is 16.3 Å². The van der Waals surface area contributed by atoms with Crippen molar-refractivity contribution in [2.24, 2.45) is 0 Å². The second-order valence-electron chi connectivity index (χ2n) is 5.53. The number of carbonyl (C=O) groups excluding carboxylic acids is 2. The van der Waals surface area contributed by atoms with Crippen LogP contribution in [0.2, 0.25) is 0 Å². The molecule has 0 aliphatic heterocycles. The lowest BCUT2D eigenvalue weighted by molar-refractivity contribution is -0.682. The van der Waals surface area contributed by atoms with Crippen LogP contribution in [-0.2, 0) is 9.59 Å². The molecular weight excluding hydrogens is 290 g/mol. The van der Waals surface area contributed by atoms with E-state index in [2.05, 4.69) is 41.8 Å². The Hall–Kier alpha value is -2.40. The Morgan fingerprint density at radius 1 is 1.04 bits per heavy atom. The smallest absolute Gasteiger partial charge is 0.275 e. The summed E-state index contributed by atoms with van der Waals surface area (Å²) >= 11 is 0. The number of rotatable bonds is 7. The van der Waals surface area contributed by atoms with E-state index in [9.17, 15) is 9.59 Å². The number of carbonyl (C=O) groups is 2. The number of quaternary nitrogens is 1. The van der Waals surface area contributed by atoms with Crippen molar-refractivity contribution < 1.29 is 14.9 Å². The fourth-order valence-electron chi connectivity index (χ4n) is 2.57. The molecule has 0 unspecified atom stereocenters. The third-order valence-corrected chi connectivity index (χ3v) is 3.79. The summed E-state index contributed by atoms with van der Waals surface area (Å²) in [6.45, 7) is 4.82. The molecule has 2 aromatic carbocycles. The van der Waals surface area contributed by atoms with Crippen LogP contribution in [0, 0.1) is 0 Å². The zero-order valence-electron chi connectivity index (χ0n) is 13.6. The highest BCUT2D eigenvalue weighted by molar-refractivity contribution is 5.86. The van der Waals surface area contributed by atoms with Crippen LogP contribution >= 0.6 is 0 Å². The lowest BCUT2D eigenvalue weighted by atomic mass is 10.00. The first-order valence-corrected chi connectivity index (χ1v) is 7.96. The zero-order valence-corrected chi connectivity index (χ0v) is 13.6. The first-order valence-electron chi connectivity index (χ1n) is 7.96. The van der Waals surface area contributed by atoms with Crippen LogP contribution in [0.15, 0.2) is 42.5 Å². The van der Waals surface area contributed by atoms with E-state index in [1.807, 2.05) is 30.4 Å². The predicted molar refractivity (Wildman–Crippen MR) is 90.8 cm³/mol. The Morgan fingerprint density at radius 3 is 2.57 bits per heavy atom. The van der Waals surface area contributed by atoms with E-state index >= 15 is 0 Å². The fourth-order valence-corrected chi connectivity index (χ4v) is 2.57. The molecule has 2 rings (SSSR count). The Bertz CT molecular complexity index is 680. The number of nitrogens with two attached hydrogens (primary N) is 1. The molecule has 2 amide bonds. The van der Waals surface area contributed by atoms with Gasteiger partial charge in [-0.3, -0.25) is 9.59 Å². The molecule has 0 spiro atoms. The molecule has 23 heavy (non-hydrogen) atoms. The van der Waals surface area contributed by atoms with E-state index in [1.54, 1.807) is 0 Å². The van der Waals surface area contributed by atoms with Gasteiger partial charge < -0.3 is 16.0 Å². The van der Waals surface area contributed by atoms with Crippen LogP contribution < -0.4 is 16.0 Å². The molecule has 4 N–H and O–H groups in total. The highest BCUT2D eigenvalue weighted by atomic mass is 16.2. The minimum Gasteiger partial charge on any atom is -0.355 e. The van der Waals surface area contributed by atoms with Crippen LogP contribution in [0.3, 0.4) is 0 Å². The fraction of sp³-hybridized carbons (Fsp3) is 0.333. The van der Waals surface area contributed by atoms with Gasteiger partial charge in [-0.2, -0.15) is 0 Å². The number of likely N-dealkylation sites (N-methyl/N-ethyl adjacent to an activating group) is 1. The van der Waals surface area contributed by atoms with E-state index in [4.69, 9.17) is 0 Å². The maximum absolute atomic E-state index is 11.8. The van der Waals surface area contributed by atoms with Gasteiger partial charge in [-0.25, -0.2) is 0 Å². The van der Waals surface area contributed by atoms with E-state index < -0.39 is 0 Å². The Balaban J connectivity index is 1.90. The lowest BCUT2D eigenvalue weighted by Crippen LogP contribution is -2.87. The van der Waals surface area contributed by atoms with Gasteiger partial charge in [0, 0.05) is 12.1 Å². The summed E-state index contributed by atoms with van der Waals surface area (Å²) in [7, 11) is 0. The van der Waals surface area contributed by atoms with Crippen LogP contribution in [0.4, 0.5) is 0 Å². The topological polar surface area (TPSA) is 74.8 Å². The van der Waals surface area contributed by atoms with Gasteiger partial charge in [-0.1, -0.05) is 42.5 Å². The van der Waals surface area contributed by atoms with Crippen molar-refractivity contribution in [1.29, 1.82) is 0 Å². The molecule has 2 aromatic rings. The average Bonchev–Trinajstić information content (AvgIpc) is 2.57. The highest BCUT2D eigenvalue weighted by Crippen LogP contribution is 2.21.